The van der Waals surface area contributed by atoms with Crippen LogP contribution in [-0.2, 0) is 0 Å². The van der Waals surface area contributed by atoms with Gasteiger partial charge in [-0.05, 0) is 38.2 Å². The first kappa shape index (κ1) is 21.5. The first-order valence-corrected chi connectivity index (χ1v) is 10.3. The average molecular weight is 345 g/mol. The van der Waals surface area contributed by atoms with E-state index in [2.05, 4.69) is 29.0 Å². The number of ketones is 1. The fraction of sp³-hybridized carbons (Fsp3) is 0.682. The topological polar surface area (TPSA) is 42.9 Å². The van der Waals surface area contributed by atoms with E-state index < -0.39 is 0 Å². The molecule has 1 aromatic heterocycles. The SMILES string of the molecule is CCCCCCCCC=CCCCCCCCC(=O)c1ccncn1. The lowest BCUT2D eigenvalue weighted by Crippen LogP contribution is -2.01. The number of Topliss-reactive ketones (excluding diaryl/α,β-unsaturated/α-hetero) is 1. The van der Waals surface area contributed by atoms with E-state index in [1.165, 1.54) is 77.0 Å². The smallest absolute Gasteiger partial charge is 0.181 e. The van der Waals surface area contributed by atoms with Crippen molar-refractivity contribution in [1.82, 2.24) is 9.97 Å². The summed E-state index contributed by atoms with van der Waals surface area (Å²) in [5, 5.41) is 0. The molecule has 0 saturated heterocycles. The van der Waals surface area contributed by atoms with Gasteiger partial charge in [-0.25, -0.2) is 9.97 Å². The number of unbranched alkanes of at least 4 members (excludes halogenated alkanes) is 11. The van der Waals surface area contributed by atoms with Crippen LogP contribution >= 0.6 is 0 Å². The Morgan fingerprint density at radius 3 is 2.08 bits per heavy atom. The molecular weight excluding hydrogens is 308 g/mol. The van der Waals surface area contributed by atoms with E-state index >= 15 is 0 Å². The monoisotopic (exact) mass is 344 g/mol. The first-order valence-electron chi connectivity index (χ1n) is 10.3. The molecule has 0 bridgehead atoms. The molecular formula is C22H36N2O. The molecule has 3 heteroatoms. The molecule has 140 valence electrons. The zero-order valence-electron chi connectivity index (χ0n) is 16.1. The molecule has 0 aliphatic heterocycles. The van der Waals surface area contributed by atoms with Crippen molar-refractivity contribution >= 4 is 5.78 Å². The van der Waals surface area contributed by atoms with E-state index in [4.69, 9.17) is 0 Å². The minimum absolute atomic E-state index is 0.139. The van der Waals surface area contributed by atoms with Crippen molar-refractivity contribution in [3.8, 4) is 0 Å². The Hall–Kier alpha value is -1.51. The van der Waals surface area contributed by atoms with E-state index in [0.29, 0.717) is 12.1 Å². The molecule has 0 aliphatic rings. The van der Waals surface area contributed by atoms with Gasteiger partial charge in [0.25, 0.3) is 0 Å². The molecule has 0 unspecified atom stereocenters. The predicted molar refractivity (Wildman–Crippen MR) is 106 cm³/mol. The Kier molecular flexibility index (Phi) is 13.8. The molecule has 1 heterocycles. The fourth-order valence-electron chi connectivity index (χ4n) is 2.94. The number of hydrogen-bond acceptors (Lipinski definition) is 3. The highest BCUT2D eigenvalue weighted by Gasteiger charge is 2.05. The van der Waals surface area contributed by atoms with Gasteiger partial charge in [0.1, 0.15) is 12.0 Å². The van der Waals surface area contributed by atoms with Crippen molar-refractivity contribution < 1.29 is 4.79 Å². The van der Waals surface area contributed by atoms with Gasteiger partial charge in [0.05, 0.1) is 0 Å². The van der Waals surface area contributed by atoms with Crippen molar-refractivity contribution in [2.75, 3.05) is 0 Å². The zero-order chi connectivity index (χ0) is 18.0. The minimum Gasteiger partial charge on any atom is -0.292 e. The van der Waals surface area contributed by atoms with Crippen LogP contribution < -0.4 is 0 Å². The molecule has 0 N–H and O–H groups in total. The van der Waals surface area contributed by atoms with Crippen LogP contribution in [-0.4, -0.2) is 15.8 Å². The Morgan fingerprint density at radius 1 is 0.880 bits per heavy atom. The van der Waals surface area contributed by atoms with Crippen LogP contribution in [0.5, 0.6) is 0 Å². The Morgan fingerprint density at radius 2 is 1.48 bits per heavy atom. The Labute approximate surface area is 154 Å². The van der Waals surface area contributed by atoms with Gasteiger partial charge >= 0.3 is 0 Å². The zero-order valence-corrected chi connectivity index (χ0v) is 16.1. The summed E-state index contributed by atoms with van der Waals surface area (Å²) in [5.41, 5.74) is 0.547. The molecule has 0 aliphatic carbocycles. The lowest BCUT2D eigenvalue weighted by Gasteiger charge is -2.01. The van der Waals surface area contributed by atoms with Crippen LogP contribution in [0, 0.1) is 0 Å². The maximum Gasteiger partial charge on any atom is 0.181 e. The van der Waals surface area contributed by atoms with Crippen LogP contribution in [0.1, 0.15) is 107 Å². The second kappa shape index (κ2) is 16.0. The van der Waals surface area contributed by atoms with Gasteiger partial charge in [0, 0.05) is 12.6 Å². The summed E-state index contributed by atoms with van der Waals surface area (Å²) in [7, 11) is 0. The summed E-state index contributed by atoms with van der Waals surface area (Å²) in [6.45, 7) is 2.27. The third-order valence-electron chi connectivity index (χ3n) is 4.53. The second-order valence-corrected chi connectivity index (χ2v) is 6.85. The highest BCUT2D eigenvalue weighted by atomic mass is 16.1. The average Bonchev–Trinajstić information content (AvgIpc) is 2.65. The van der Waals surface area contributed by atoms with Crippen molar-refractivity contribution in [1.29, 1.82) is 0 Å². The number of carbonyl (C=O) groups excluding carboxylic acids is 1. The quantitative estimate of drug-likeness (QED) is 0.190. The molecule has 0 saturated carbocycles. The summed E-state index contributed by atoms with van der Waals surface area (Å²) < 4.78 is 0. The minimum atomic E-state index is 0.139. The molecule has 0 aromatic carbocycles. The molecule has 0 amide bonds. The van der Waals surface area contributed by atoms with Gasteiger partial charge in [0.15, 0.2) is 5.78 Å². The molecule has 25 heavy (non-hydrogen) atoms. The summed E-state index contributed by atoms with van der Waals surface area (Å²) >= 11 is 0. The second-order valence-electron chi connectivity index (χ2n) is 6.85. The van der Waals surface area contributed by atoms with Gasteiger partial charge in [-0.1, -0.05) is 70.4 Å². The molecule has 1 aromatic rings. The van der Waals surface area contributed by atoms with Crippen LogP contribution in [0.3, 0.4) is 0 Å². The number of allylic oxidation sites excluding steroid dienone is 2. The number of nitrogens with zero attached hydrogens (tertiary/aromatic N) is 2. The predicted octanol–water partition coefficient (Wildman–Crippen LogP) is 6.70. The van der Waals surface area contributed by atoms with Crippen LogP contribution in [0.4, 0.5) is 0 Å². The van der Waals surface area contributed by atoms with E-state index in [0.717, 1.165) is 12.8 Å². The summed E-state index contributed by atoms with van der Waals surface area (Å²) in [6, 6.07) is 1.69. The molecule has 0 atom stereocenters. The highest BCUT2D eigenvalue weighted by Crippen LogP contribution is 2.11. The van der Waals surface area contributed by atoms with Crippen LogP contribution in [0.15, 0.2) is 30.7 Å². The molecule has 0 fully saturated rings. The fourth-order valence-corrected chi connectivity index (χ4v) is 2.94. The summed E-state index contributed by atoms with van der Waals surface area (Å²) in [4.78, 5) is 19.7. The number of aromatic nitrogens is 2. The Balaban J connectivity index is 1.84. The molecule has 3 nitrogen and oxygen atoms in total. The number of carbonyl (C=O) groups is 1. The van der Waals surface area contributed by atoms with E-state index in [-0.39, 0.29) is 5.78 Å². The van der Waals surface area contributed by atoms with Gasteiger partial charge in [-0.15, -0.1) is 0 Å². The van der Waals surface area contributed by atoms with Gasteiger partial charge < -0.3 is 0 Å². The molecule has 0 radical (unpaired) electrons. The van der Waals surface area contributed by atoms with E-state index in [1.807, 2.05) is 0 Å². The number of hydrogen-bond donors (Lipinski definition) is 0. The highest BCUT2D eigenvalue weighted by molar-refractivity contribution is 5.93. The van der Waals surface area contributed by atoms with Gasteiger partial charge in [-0.2, -0.15) is 0 Å². The van der Waals surface area contributed by atoms with Crippen LogP contribution in [0.2, 0.25) is 0 Å². The van der Waals surface area contributed by atoms with Crippen molar-refractivity contribution in [3.05, 3.63) is 36.4 Å². The Bertz CT molecular complexity index is 456. The maximum atomic E-state index is 11.9. The normalized spacial score (nSPS) is 11.2. The van der Waals surface area contributed by atoms with Gasteiger partial charge in [-0.3, -0.25) is 4.79 Å². The van der Waals surface area contributed by atoms with E-state index in [9.17, 15) is 4.79 Å². The van der Waals surface area contributed by atoms with Crippen molar-refractivity contribution in [3.63, 3.8) is 0 Å². The lowest BCUT2D eigenvalue weighted by atomic mass is 10.1. The van der Waals surface area contributed by atoms with Gasteiger partial charge in [0.2, 0.25) is 0 Å². The summed E-state index contributed by atoms with van der Waals surface area (Å²) in [6.07, 6.45) is 25.0. The largest absolute Gasteiger partial charge is 0.292 e. The maximum absolute atomic E-state index is 11.9. The third-order valence-corrected chi connectivity index (χ3v) is 4.53. The van der Waals surface area contributed by atoms with Crippen molar-refractivity contribution in [2.45, 2.75) is 96.8 Å². The number of rotatable bonds is 16. The lowest BCUT2D eigenvalue weighted by molar-refractivity contribution is 0.0974. The van der Waals surface area contributed by atoms with Crippen LogP contribution in [0.25, 0.3) is 0 Å². The van der Waals surface area contributed by atoms with Crippen molar-refractivity contribution in [2.24, 2.45) is 0 Å². The molecule has 0 spiro atoms. The standard InChI is InChI=1S/C22H36N2O/c1-2-3-4-5-6-7-8-9-10-11-12-13-14-15-16-17-22(25)21-18-19-23-20-24-21/h9-10,18-20H,2-8,11-17H2,1H3. The third kappa shape index (κ3) is 12.5. The molecule has 1 rings (SSSR count). The van der Waals surface area contributed by atoms with E-state index in [1.54, 1.807) is 12.3 Å². The summed E-state index contributed by atoms with van der Waals surface area (Å²) in [5.74, 6) is 0.139. The first-order chi connectivity index (χ1) is 12.3.